The normalized spacial score (nSPS) is 15.5. The highest BCUT2D eigenvalue weighted by atomic mass is 35.5. The fourth-order valence-electron chi connectivity index (χ4n) is 2.06. The summed E-state index contributed by atoms with van der Waals surface area (Å²) in [6.45, 7) is 0. The van der Waals surface area contributed by atoms with Crippen molar-refractivity contribution in [2.75, 3.05) is 7.11 Å². The van der Waals surface area contributed by atoms with Crippen LogP contribution in [0.1, 0.15) is 11.1 Å². The molecule has 0 bridgehead atoms. The van der Waals surface area contributed by atoms with Crippen LogP contribution in [0.4, 0.5) is 0 Å². The molecule has 116 valence electrons. The second kappa shape index (κ2) is 6.44. The molecule has 2 aromatic carbocycles. The van der Waals surface area contributed by atoms with Crippen LogP contribution < -0.4 is 4.74 Å². The molecule has 0 N–H and O–H groups in total. The number of esters is 1. The number of rotatable bonds is 3. The third-order valence-corrected chi connectivity index (χ3v) is 3.88. The number of cyclic esters (lactones) is 1. The van der Waals surface area contributed by atoms with Crippen LogP contribution >= 0.6 is 23.2 Å². The number of ether oxygens (including phenoxy) is 2. The molecule has 3 rings (SSSR count). The molecule has 0 aromatic heterocycles. The third kappa shape index (κ3) is 3.23. The van der Waals surface area contributed by atoms with Gasteiger partial charge in [-0.05, 0) is 35.9 Å². The van der Waals surface area contributed by atoms with Crippen LogP contribution in [-0.2, 0) is 9.53 Å². The van der Waals surface area contributed by atoms with Gasteiger partial charge in [-0.15, -0.1) is 0 Å². The number of methoxy groups -OCH3 is 1. The molecular formula is C17H11Cl2NO3. The van der Waals surface area contributed by atoms with Gasteiger partial charge in [-0.25, -0.2) is 9.79 Å². The smallest absolute Gasteiger partial charge is 0.363 e. The minimum absolute atomic E-state index is 0.154. The number of carbonyl (C=O) groups is 1. The van der Waals surface area contributed by atoms with E-state index in [-0.39, 0.29) is 11.6 Å². The molecule has 0 unspecified atom stereocenters. The second-order valence-corrected chi connectivity index (χ2v) is 5.52. The van der Waals surface area contributed by atoms with Crippen molar-refractivity contribution in [2.24, 2.45) is 4.99 Å². The fraction of sp³-hybridized carbons (Fsp3) is 0.0588. The van der Waals surface area contributed by atoms with E-state index in [1.165, 1.54) is 0 Å². The molecule has 0 atom stereocenters. The molecular weight excluding hydrogens is 337 g/mol. The molecule has 0 spiro atoms. The van der Waals surface area contributed by atoms with Crippen LogP contribution in [0.2, 0.25) is 10.0 Å². The van der Waals surface area contributed by atoms with Crippen LogP contribution in [0.15, 0.2) is 53.2 Å². The van der Waals surface area contributed by atoms with Gasteiger partial charge in [-0.2, -0.15) is 0 Å². The van der Waals surface area contributed by atoms with E-state index in [1.807, 2.05) is 12.1 Å². The first-order chi connectivity index (χ1) is 11.1. The average molecular weight is 348 g/mol. The van der Waals surface area contributed by atoms with Crippen molar-refractivity contribution in [1.29, 1.82) is 0 Å². The van der Waals surface area contributed by atoms with Crippen molar-refractivity contribution in [2.45, 2.75) is 0 Å². The van der Waals surface area contributed by atoms with E-state index in [9.17, 15) is 4.79 Å². The minimum atomic E-state index is -0.549. The van der Waals surface area contributed by atoms with Crippen LogP contribution in [0, 0.1) is 0 Å². The Morgan fingerprint density at radius 2 is 1.91 bits per heavy atom. The zero-order valence-electron chi connectivity index (χ0n) is 12.0. The van der Waals surface area contributed by atoms with Crippen molar-refractivity contribution in [3.63, 3.8) is 0 Å². The van der Waals surface area contributed by atoms with Gasteiger partial charge in [0.05, 0.1) is 17.7 Å². The summed E-state index contributed by atoms with van der Waals surface area (Å²) in [5.74, 6) is 0.211. The van der Waals surface area contributed by atoms with Gasteiger partial charge in [0.2, 0.25) is 5.90 Å². The van der Waals surface area contributed by atoms with Gasteiger partial charge in [0, 0.05) is 5.02 Å². The minimum Gasteiger partial charge on any atom is -0.497 e. The van der Waals surface area contributed by atoms with Gasteiger partial charge in [0.15, 0.2) is 5.70 Å². The summed E-state index contributed by atoms with van der Waals surface area (Å²) in [4.78, 5) is 16.2. The van der Waals surface area contributed by atoms with E-state index in [4.69, 9.17) is 32.7 Å². The largest absolute Gasteiger partial charge is 0.497 e. The van der Waals surface area contributed by atoms with Gasteiger partial charge in [-0.1, -0.05) is 41.4 Å². The fourth-order valence-corrected chi connectivity index (χ4v) is 2.50. The van der Waals surface area contributed by atoms with Crippen molar-refractivity contribution < 1.29 is 14.3 Å². The van der Waals surface area contributed by atoms with E-state index in [1.54, 1.807) is 43.5 Å². The maximum Gasteiger partial charge on any atom is 0.363 e. The van der Waals surface area contributed by atoms with Crippen LogP contribution in [-0.4, -0.2) is 19.0 Å². The zero-order valence-corrected chi connectivity index (χ0v) is 13.6. The number of carbonyl (C=O) groups excluding carboxylic acids is 1. The monoisotopic (exact) mass is 347 g/mol. The molecule has 0 amide bonds. The van der Waals surface area contributed by atoms with Crippen molar-refractivity contribution in [3.8, 4) is 5.75 Å². The summed E-state index contributed by atoms with van der Waals surface area (Å²) < 4.78 is 10.3. The van der Waals surface area contributed by atoms with E-state index in [0.29, 0.717) is 26.9 Å². The van der Waals surface area contributed by atoms with Crippen LogP contribution in [0.3, 0.4) is 0 Å². The lowest BCUT2D eigenvalue weighted by atomic mass is 10.2. The Morgan fingerprint density at radius 3 is 2.61 bits per heavy atom. The lowest BCUT2D eigenvalue weighted by Crippen LogP contribution is -2.06. The van der Waals surface area contributed by atoms with Crippen molar-refractivity contribution in [3.05, 3.63) is 69.3 Å². The maximum absolute atomic E-state index is 12.0. The Labute approximate surface area is 143 Å². The van der Waals surface area contributed by atoms with Gasteiger partial charge < -0.3 is 9.47 Å². The topological polar surface area (TPSA) is 47.9 Å². The van der Waals surface area contributed by atoms with E-state index in [2.05, 4.69) is 4.99 Å². The first-order valence-corrected chi connectivity index (χ1v) is 7.45. The third-order valence-electron chi connectivity index (χ3n) is 3.22. The Hall–Kier alpha value is -2.30. The molecule has 0 aliphatic carbocycles. The molecule has 4 nitrogen and oxygen atoms in total. The van der Waals surface area contributed by atoms with Gasteiger partial charge in [0.1, 0.15) is 5.75 Å². The predicted molar refractivity (Wildman–Crippen MR) is 90.1 cm³/mol. The number of benzene rings is 2. The molecule has 0 saturated heterocycles. The number of aliphatic imine (C=N–C) groups is 1. The summed E-state index contributed by atoms with van der Waals surface area (Å²) in [6.07, 6.45) is 1.58. The second-order valence-electron chi connectivity index (χ2n) is 4.70. The molecule has 1 aliphatic heterocycles. The average Bonchev–Trinajstić information content (AvgIpc) is 2.90. The van der Waals surface area contributed by atoms with Gasteiger partial charge >= 0.3 is 5.97 Å². The summed E-state index contributed by atoms with van der Waals surface area (Å²) in [5, 5.41) is 0.911. The standard InChI is InChI=1S/C17H11Cl2NO3/c1-22-11-6-7-12(14(19)9-11)16-20-15(17(21)23-16)8-10-4-2-3-5-13(10)18/h2-9H,1H3. The zero-order chi connectivity index (χ0) is 16.4. The Bertz CT molecular complexity index is 843. The SMILES string of the molecule is COc1ccc(C2=NC(=Cc3ccccc3Cl)C(=O)O2)c(Cl)c1. The molecule has 0 fully saturated rings. The predicted octanol–water partition coefficient (Wildman–Crippen LogP) is 4.35. The lowest BCUT2D eigenvalue weighted by Gasteiger charge is -2.05. The Kier molecular flexibility index (Phi) is 4.37. The Balaban J connectivity index is 1.97. The lowest BCUT2D eigenvalue weighted by molar-refractivity contribution is -0.129. The summed E-state index contributed by atoms with van der Waals surface area (Å²) in [7, 11) is 1.54. The molecule has 6 heteroatoms. The quantitative estimate of drug-likeness (QED) is 0.612. The van der Waals surface area contributed by atoms with Crippen molar-refractivity contribution in [1.82, 2.24) is 0 Å². The van der Waals surface area contributed by atoms with Gasteiger partial charge in [0.25, 0.3) is 0 Å². The van der Waals surface area contributed by atoms with E-state index >= 15 is 0 Å². The molecule has 2 aromatic rings. The maximum atomic E-state index is 12.0. The summed E-state index contributed by atoms with van der Waals surface area (Å²) >= 11 is 12.3. The number of hydrogen-bond acceptors (Lipinski definition) is 4. The first-order valence-electron chi connectivity index (χ1n) is 6.69. The van der Waals surface area contributed by atoms with Crippen molar-refractivity contribution >= 4 is 41.1 Å². The number of hydrogen-bond donors (Lipinski definition) is 0. The highest BCUT2D eigenvalue weighted by Crippen LogP contribution is 2.27. The summed E-state index contributed by atoms with van der Waals surface area (Å²) in [6, 6.07) is 12.2. The summed E-state index contributed by atoms with van der Waals surface area (Å²) in [5.41, 5.74) is 1.37. The molecule has 1 heterocycles. The highest BCUT2D eigenvalue weighted by Gasteiger charge is 2.26. The Morgan fingerprint density at radius 1 is 1.13 bits per heavy atom. The molecule has 1 aliphatic rings. The number of nitrogens with zero attached hydrogens (tertiary/aromatic N) is 1. The molecule has 0 saturated carbocycles. The van der Waals surface area contributed by atoms with Gasteiger partial charge in [-0.3, -0.25) is 0 Å². The van der Waals surface area contributed by atoms with Crippen LogP contribution in [0.25, 0.3) is 6.08 Å². The first kappa shape index (κ1) is 15.6. The van der Waals surface area contributed by atoms with E-state index in [0.717, 1.165) is 0 Å². The number of halogens is 2. The highest BCUT2D eigenvalue weighted by molar-refractivity contribution is 6.35. The van der Waals surface area contributed by atoms with E-state index < -0.39 is 5.97 Å². The molecule has 0 radical (unpaired) electrons. The molecule has 23 heavy (non-hydrogen) atoms. The van der Waals surface area contributed by atoms with Crippen LogP contribution in [0.5, 0.6) is 5.75 Å².